The largest absolute Gasteiger partial charge is 0.450 e. The highest BCUT2D eigenvalue weighted by Crippen LogP contribution is 2.53. The lowest BCUT2D eigenvalue weighted by atomic mass is 9.52. The van der Waals surface area contributed by atoms with E-state index in [4.69, 9.17) is 4.74 Å². The second-order valence-corrected chi connectivity index (χ2v) is 6.82. The molecule has 94 valence electrons. The Hall–Kier alpha value is -0.730. The molecule has 1 N–H and O–H groups in total. The van der Waals surface area contributed by atoms with E-state index in [9.17, 15) is 4.79 Å². The molecule has 16 heavy (non-hydrogen) atoms. The number of hydrogen-bond donors (Lipinski definition) is 1. The second-order valence-electron chi connectivity index (χ2n) is 6.82. The zero-order valence-corrected chi connectivity index (χ0v) is 11.4. The molecule has 0 unspecified atom stereocenters. The van der Waals surface area contributed by atoms with E-state index < -0.39 is 0 Å². The van der Waals surface area contributed by atoms with Crippen LogP contribution in [0.15, 0.2) is 0 Å². The Morgan fingerprint density at radius 3 is 2.06 bits per heavy atom. The van der Waals surface area contributed by atoms with Crippen molar-refractivity contribution < 1.29 is 9.53 Å². The molecule has 1 saturated heterocycles. The SMILES string of the molecule is CC(C)(C)C1(C(C)(C)C)CCOC(=O)NC1. The van der Waals surface area contributed by atoms with Crippen molar-refractivity contribution in [3.05, 3.63) is 0 Å². The topological polar surface area (TPSA) is 38.3 Å². The molecule has 0 aliphatic carbocycles. The van der Waals surface area contributed by atoms with Crippen LogP contribution in [0.2, 0.25) is 0 Å². The molecule has 1 aliphatic heterocycles. The van der Waals surface area contributed by atoms with E-state index in [-0.39, 0.29) is 22.3 Å². The lowest BCUT2D eigenvalue weighted by molar-refractivity contribution is -0.0375. The molecular weight excluding hydrogens is 202 g/mol. The molecule has 0 saturated carbocycles. The third-order valence-electron chi connectivity index (χ3n) is 4.17. The summed E-state index contributed by atoms with van der Waals surface area (Å²) in [5.41, 5.74) is 0.324. The molecule has 0 bridgehead atoms. The van der Waals surface area contributed by atoms with E-state index in [1.165, 1.54) is 0 Å². The predicted octanol–water partition coefficient (Wildman–Crippen LogP) is 3.19. The van der Waals surface area contributed by atoms with Gasteiger partial charge in [-0.2, -0.15) is 0 Å². The Kier molecular flexibility index (Phi) is 3.28. The molecule has 1 rings (SSSR count). The monoisotopic (exact) mass is 227 g/mol. The third kappa shape index (κ3) is 2.18. The zero-order valence-electron chi connectivity index (χ0n) is 11.4. The van der Waals surface area contributed by atoms with Gasteiger partial charge in [-0.25, -0.2) is 4.79 Å². The van der Waals surface area contributed by atoms with E-state index in [1.54, 1.807) is 0 Å². The van der Waals surface area contributed by atoms with Crippen molar-refractivity contribution in [1.82, 2.24) is 5.32 Å². The maximum Gasteiger partial charge on any atom is 0.407 e. The number of ether oxygens (including phenoxy) is 1. The van der Waals surface area contributed by atoms with Crippen molar-refractivity contribution in [3.8, 4) is 0 Å². The fourth-order valence-corrected chi connectivity index (χ4v) is 3.09. The van der Waals surface area contributed by atoms with Crippen LogP contribution in [-0.4, -0.2) is 19.2 Å². The lowest BCUT2D eigenvalue weighted by Gasteiger charge is -2.53. The smallest absolute Gasteiger partial charge is 0.407 e. The molecule has 1 amide bonds. The molecule has 1 aliphatic rings. The summed E-state index contributed by atoms with van der Waals surface area (Å²) >= 11 is 0. The van der Waals surface area contributed by atoms with E-state index in [0.29, 0.717) is 13.2 Å². The second kappa shape index (κ2) is 3.94. The summed E-state index contributed by atoms with van der Waals surface area (Å²) in [6.07, 6.45) is 0.633. The van der Waals surface area contributed by atoms with Gasteiger partial charge in [0.05, 0.1) is 6.61 Å². The van der Waals surface area contributed by atoms with Crippen LogP contribution in [-0.2, 0) is 4.74 Å². The zero-order chi connectivity index (χ0) is 12.6. The summed E-state index contributed by atoms with van der Waals surface area (Å²) in [5.74, 6) is 0. The Morgan fingerprint density at radius 2 is 1.62 bits per heavy atom. The fraction of sp³-hybridized carbons (Fsp3) is 0.923. The summed E-state index contributed by atoms with van der Waals surface area (Å²) < 4.78 is 5.10. The first-order chi connectivity index (χ1) is 7.10. The average Bonchev–Trinajstić information content (AvgIpc) is 2.24. The number of nitrogens with one attached hydrogen (secondary N) is 1. The number of carbonyl (C=O) groups is 1. The van der Waals surface area contributed by atoms with Gasteiger partial charge in [0.15, 0.2) is 0 Å². The standard InChI is InChI=1S/C13H25NO2/c1-11(2,3)13(12(4,5)6)7-8-16-10(15)14-9-13/h7-9H2,1-6H3,(H,14,15). The quantitative estimate of drug-likeness (QED) is 0.690. The Balaban J connectivity index is 3.10. The Bertz CT molecular complexity index is 257. The van der Waals surface area contributed by atoms with Crippen LogP contribution in [0.5, 0.6) is 0 Å². The minimum atomic E-state index is -0.282. The molecule has 0 aromatic carbocycles. The number of alkyl carbamates (subject to hydrolysis) is 1. The summed E-state index contributed by atoms with van der Waals surface area (Å²) in [6.45, 7) is 14.7. The van der Waals surface area contributed by atoms with Crippen molar-refractivity contribution in [3.63, 3.8) is 0 Å². The van der Waals surface area contributed by atoms with Gasteiger partial charge in [0.2, 0.25) is 0 Å². The summed E-state index contributed by atoms with van der Waals surface area (Å²) in [4.78, 5) is 11.3. The van der Waals surface area contributed by atoms with E-state index in [0.717, 1.165) is 6.42 Å². The Morgan fingerprint density at radius 1 is 1.12 bits per heavy atom. The summed E-state index contributed by atoms with van der Waals surface area (Å²) in [7, 11) is 0. The molecule has 0 spiro atoms. The number of carbonyl (C=O) groups excluding carboxylic acids is 1. The average molecular weight is 227 g/mol. The van der Waals surface area contributed by atoms with Crippen LogP contribution in [0.25, 0.3) is 0 Å². The van der Waals surface area contributed by atoms with Crippen LogP contribution in [0.3, 0.4) is 0 Å². The van der Waals surface area contributed by atoms with Crippen molar-refractivity contribution in [2.24, 2.45) is 16.2 Å². The van der Waals surface area contributed by atoms with Gasteiger partial charge in [0.25, 0.3) is 0 Å². The van der Waals surface area contributed by atoms with Gasteiger partial charge in [-0.3, -0.25) is 0 Å². The number of hydrogen-bond acceptors (Lipinski definition) is 2. The first-order valence-electron chi connectivity index (χ1n) is 6.01. The Labute approximate surface area is 98.9 Å². The molecular formula is C13H25NO2. The van der Waals surface area contributed by atoms with Gasteiger partial charge in [-0.1, -0.05) is 41.5 Å². The van der Waals surface area contributed by atoms with E-state index >= 15 is 0 Å². The van der Waals surface area contributed by atoms with E-state index in [2.05, 4.69) is 46.9 Å². The fourth-order valence-electron chi connectivity index (χ4n) is 3.09. The molecule has 0 aromatic rings. The highest BCUT2D eigenvalue weighted by molar-refractivity contribution is 5.67. The maximum atomic E-state index is 11.3. The molecule has 0 aromatic heterocycles. The molecule has 0 atom stereocenters. The maximum absolute atomic E-state index is 11.3. The van der Waals surface area contributed by atoms with Crippen LogP contribution in [0.4, 0.5) is 4.79 Å². The minimum absolute atomic E-state index is 0.0617. The summed E-state index contributed by atoms with van der Waals surface area (Å²) in [5, 5.41) is 2.89. The van der Waals surface area contributed by atoms with Gasteiger partial charge in [0, 0.05) is 12.0 Å². The van der Waals surface area contributed by atoms with Gasteiger partial charge in [-0.05, 0) is 17.3 Å². The molecule has 1 fully saturated rings. The van der Waals surface area contributed by atoms with E-state index in [1.807, 2.05) is 0 Å². The predicted molar refractivity (Wildman–Crippen MR) is 65.3 cm³/mol. The minimum Gasteiger partial charge on any atom is -0.450 e. The highest BCUT2D eigenvalue weighted by atomic mass is 16.5. The van der Waals surface area contributed by atoms with Gasteiger partial charge in [0.1, 0.15) is 0 Å². The lowest BCUT2D eigenvalue weighted by Crippen LogP contribution is -2.52. The highest BCUT2D eigenvalue weighted by Gasteiger charge is 2.51. The first kappa shape index (κ1) is 13.3. The van der Waals surface area contributed by atoms with Gasteiger partial charge >= 0.3 is 6.09 Å². The van der Waals surface area contributed by atoms with Crippen molar-refractivity contribution >= 4 is 6.09 Å². The normalized spacial score (nSPS) is 22.0. The van der Waals surface area contributed by atoms with Crippen molar-refractivity contribution in [2.75, 3.05) is 13.2 Å². The number of rotatable bonds is 0. The molecule has 3 nitrogen and oxygen atoms in total. The third-order valence-corrected chi connectivity index (χ3v) is 4.17. The molecule has 1 heterocycles. The number of amides is 1. The van der Waals surface area contributed by atoms with Crippen LogP contribution in [0, 0.1) is 16.2 Å². The number of cyclic esters (lactones) is 1. The van der Waals surface area contributed by atoms with Crippen molar-refractivity contribution in [1.29, 1.82) is 0 Å². The van der Waals surface area contributed by atoms with Gasteiger partial charge in [-0.15, -0.1) is 0 Å². The molecule has 3 heteroatoms. The van der Waals surface area contributed by atoms with Crippen molar-refractivity contribution in [2.45, 2.75) is 48.0 Å². The molecule has 0 radical (unpaired) electrons. The van der Waals surface area contributed by atoms with Crippen LogP contribution >= 0.6 is 0 Å². The van der Waals surface area contributed by atoms with Crippen LogP contribution < -0.4 is 5.32 Å². The summed E-state index contributed by atoms with van der Waals surface area (Å²) in [6, 6.07) is 0. The van der Waals surface area contributed by atoms with Gasteiger partial charge < -0.3 is 10.1 Å². The van der Waals surface area contributed by atoms with Crippen LogP contribution in [0.1, 0.15) is 48.0 Å². The first-order valence-corrected chi connectivity index (χ1v) is 6.01.